The molecule has 0 radical (unpaired) electrons. The number of halogens is 1. The van der Waals surface area contributed by atoms with Crippen molar-refractivity contribution >= 4 is 31.9 Å². The van der Waals surface area contributed by atoms with Crippen molar-refractivity contribution in [3.63, 3.8) is 0 Å². The van der Waals surface area contributed by atoms with Crippen molar-refractivity contribution in [3.8, 4) is 0 Å². The SMILES string of the molecule is Cn1nnc(Br)c1S(=O)(=O)NC1CCCC(C(=O)O)C1. The van der Waals surface area contributed by atoms with Gasteiger partial charge in [-0.05, 0) is 35.2 Å². The van der Waals surface area contributed by atoms with Gasteiger partial charge < -0.3 is 5.11 Å². The van der Waals surface area contributed by atoms with Crippen molar-refractivity contribution < 1.29 is 18.3 Å². The summed E-state index contributed by atoms with van der Waals surface area (Å²) in [6.07, 6.45) is 2.21. The van der Waals surface area contributed by atoms with Crippen molar-refractivity contribution in [3.05, 3.63) is 4.60 Å². The van der Waals surface area contributed by atoms with Crippen LogP contribution in [0.4, 0.5) is 0 Å². The van der Waals surface area contributed by atoms with Crippen molar-refractivity contribution in [1.82, 2.24) is 19.7 Å². The Morgan fingerprint density at radius 1 is 1.50 bits per heavy atom. The van der Waals surface area contributed by atoms with E-state index in [2.05, 4.69) is 31.0 Å². The zero-order chi connectivity index (χ0) is 14.9. The van der Waals surface area contributed by atoms with Crippen LogP contribution in [0.2, 0.25) is 0 Å². The van der Waals surface area contributed by atoms with Gasteiger partial charge in [0.1, 0.15) is 0 Å². The number of carboxylic acid groups (broad SMARTS) is 1. The van der Waals surface area contributed by atoms with Crippen LogP contribution in [0, 0.1) is 5.92 Å². The minimum Gasteiger partial charge on any atom is -0.481 e. The van der Waals surface area contributed by atoms with Crippen LogP contribution in [0.3, 0.4) is 0 Å². The fraction of sp³-hybridized carbons (Fsp3) is 0.700. The summed E-state index contributed by atoms with van der Waals surface area (Å²) in [6, 6.07) is -0.378. The van der Waals surface area contributed by atoms with Gasteiger partial charge in [0, 0.05) is 13.1 Å². The van der Waals surface area contributed by atoms with E-state index in [1.807, 2.05) is 0 Å². The fourth-order valence-corrected chi connectivity index (χ4v) is 4.78. The summed E-state index contributed by atoms with van der Waals surface area (Å²) in [5.41, 5.74) is 0. The predicted octanol–water partition coefficient (Wildman–Crippen LogP) is 0.499. The quantitative estimate of drug-likeness (QED) is 0.801. The highest BCUT2D eigenvalue weighted by atomic mass is 79.9. The summed E-state index contributed by atoms with van der Waals surface area (Å²) < 4.78 is 28.4. The van der Waals surface area contributed by atoms with E-state index in [0.29, 0.717) is 25.7 Å². The lowest BCUT2D eigenvalue weighted by Gasteiger charge is -2.27. The van der Waals surface area contributed by atoms with Crippen LogP contribution in [-0.2, 0) is 21.9 Å². The van der Waals surface area contributed by atoms with Crippen LogP contribution in [-0.4, -0.2) is 40.5 Å². The summed E-state index contributed by atoms with van der Waals surface area (Å²) >= 11 is 3.05. The Hall–Kier alpha value is -1.00. The first-order valence-corrected chi connectivity index (χ1v) is 8.39. The van der Waals surface area contributed by atoms with E-state index in [9.17, 15) is 13.2 Å². The third-order valence-corrected chi connectivity index (χ3v) is 5.74. The van der Waals surface area contributed by atoms with Gasteiger partial charge >= 0.3 is 5.97 Å². The Morgan fingerprint density at radius 3 is 2.75 bits per heavy atom. The summed E-state index contributed by atoms with van der Waals surface area (Å²) in [7, 11) is -2.30. The number of nitrogens with zero attached hydrogens (tertiary/aromatic N) is 3. The summed E-state index contributed by atoms with van der Waals surface area (Å²) in [6.45, 7) is 0. The zero-order valence-corrected chi connectivity index (χ0v) is 13.2. The average molecular weight is 367 g/mol. The molecule has 2 rings (SSSR count). The highest BCUT2D eigenvalue weighted by Gasteiger charge is 2.32. The number of nitrogens with one attached hydrogen (secondary N) is 1. The van der Waals surface area contributed by atoms with E-state index < -0.39 is 21.9 Å². The summed E-state index contributed by atoms with van der Waals surface area (Å²) in [5, 5.41) is 16.2. The molecule has 2 N–H and O–H groups in total. The first kappa shape index (κ1) is 15.4. The topological polar surface area (TPSA) is 114 Å². The average Bonchev–Trinajstić information content (AvgIpc) is 2.69. The van der Waals surface area contributed by atoms with E-state index in [0.717, 1.165) is 4.68 Å². The lowest BCUT2D eigenvalue weighted by molar-refractivity contribution is -0.143. The number of hydrogen-bond donors (Lipinski definition) is 2. The van der Waals surface area contributed by atoms with Crippen LogP contribution in [0.1, 0.15) is 25.7 Å². The third-order valence-electron chi connectivity index (χ3n) is 3.34. The van der Waals surface area contributed by atoms with E-state index in [1.165, 1.54) is 7.05 Å². The Balaban J connectivity index is 2.15. The lowest BCUT2D eigenvalue weighted by atomic mass is 9.86. The number of carboxylic acids is 1. The summed E-state index contributed by atoms with van der Waals surface area (Å²) in [5.74, 6) is -1.37. The standard InChI is InChI=1S/C10H15BrN4O4S/c1-15-9(8(11)12-14-15)20(18,19)13-7-4-2-3-6(5-7)10(16)17/h6-7,13H,2-5H2,1H3,(H,16,17). The second-order valence-electron chi connectivity index (χ2n) is 4.83. The van der Waals surface area contributed by atoms with Gasteiger partial charge in [0.05, 0.1) is 5.92 Å². The molecule has 0 spiro atoms. The minimum absolute atomic E-state index is 0.0602. The zero-order valence-electron chi connectivity index (χ0n) is 10.8. The van der Waals surface area contributed by atoms with Crippen LogP contribution < -0.4 is 4.72 Å². The minimum atomic E-state index is -3.78. The molecule has 1 aromatic rings. The van der Waals surface area contributed by atoms with Crippen LogP contribution in [0.5, 0.6) is 0 Å². The number of aryl methyl sites for hydroxylation is 1. The normalized spacial score (nSPS) is 23.7. The third kappa shape index (κ3) is 3.18. The van der Waals surface area contributed by atoms with Gasteiger partial charge in [-0.3, -0.25) is 4.79 Å². The van der Waals surface area contributed by atoms with E-state index in [-0.39, 0.29) is 15.7 Å². The first-order chi connectivity index (χ1) is 9.31. The fourth-order valence-electron chi connectivity index (χ4n) is 2.40. The maximum absolute atomic E-state index is 12.3. The van der Waals surface area contributed by atoms with E-state index in [4.69, 9.17) is 5.11 Å². The molecule has 0 saturated heterocycles. The van der Waals surface area contributed by atoms with Crippen LogP contribution in [0.15, 0.2) is 9.63 Å². The van der Waals surface area contributed by atoms with Crippen molar-refractivity contribution in [2.45, 2.75) is 36.8 Å². The second kappa shape index (κ2) is 5.78. The van der Waals surface area contributed by atoms with Gasteiger partial charge in [-0.2, -0.15) is 0 Å². The van der Waals surface area contributed by atoms with E-state index in [1.54, 1.807) is 0 Å². The Labute approximate surface area is 124 Å². The molecule has 1 aliphatic carbocycles. The van der Waals surface area contributed by atoms with Crippen molar-refractivity contribution in [2.24, 2.45) is 13.0 Å². The lowest BCUT2D eigenvalue weighted by Crippen LogP contribution is -2.40. The highest BCUT2D eigenvalue weighted by molar-refractivity contribution is 9.10. The molecular formula is C10H15BrN4O4S. The van der Waals surface area contributed by atoms with Gasteiger partial charge in [-0.15, -0.1) is 5.10 Å². The molecule has 2 unspecified atom stereocenters. The molecule has 0 bridgehead atoms. The molecule has 1 fully saturated rings. The molecule has 1 saturated carbocycles. The Bertz CT molecular complexity index is 595. The second-order valence-corrected chi connectivity index (χ2v) is 7.21. The number of rotatable bonds is 4. The molecule has 20 heavy (non-hydrogen) atoms. The molecule has 0 amide bonds. The molecule has 1 heterocycles. The van der Waals surface area contributed by atoms with Crippen LogP contribution >= 0.6 is 15.9 Å². The molecular weight excluding hydrogens is 352 g/mol. The molecule has 2 atom stereocenters. The Kier molecular flexibility index (Phi) is 4.45. The molecule has 1 aliphatic rings. The number of aromatic nitrogens is 3. The maximum atomic E-state index is 12.3. The highest BCUT2D eigenvalue weighted by Crippen LogP contribution is 2.26. The van der Waals surface area contributed by atoms with E-state index >= 15 is 0 Å². The number of aliphatic carboxylic acids is 1. The molecule has 8 nitrogen and oxygen atoms in total. The van der Waals surface area contributed by atoms with Gasteiger partial charge in [0.25, 0.3) is 10.0 Å². The number of sulfonamides is 1. The van der Waals surface area contributed by atoms with Gasteiger partial charge in [0.15, 0.2) is 4.60 Å². The first-order valence-electron chi connectivity index (χ1n) is 6.11. The monoisotopic (exact) mass is 366 g/mol. The predicted molar refractivity (Wildman–Crippen MR) is 72.4 cm³/mol. The van der Waals surface area contributed by atoms with Crippen LogP contribution in [0.25, 0.3) is 0 Å². The smallest absolute Gasteiger partial charge is 0.306 e. The van der Waals surface area contributed by atoms with Crippen molar-refractivity contribution in [2.75, 3.05) is 0 Å². The Morgan fingerprint density at radius 2 is 2.20 bits per heavy atom. The molecule has 0 aromatic carbocycles. The van der Waals surface area contributed by atoms with Gasteiger partial charge in [0.2, 0.25) is 5.03 Å². The van der Waals surface area contributed by atoms with Gasteiger partial charge in [-0.1, -0.05) is 11.6 Å². The molecule has 0 aliphatic heterocycles. The molecule has 10 heteroatoms. The number of hydrogen-bond acceptors (Lipinski definition) is 5. The molecule has 1 aromatic heterocycles. The van der Waals surface area contributed by atoms with Gasteiger partial charge in [-0.25, -0.2) is 17.8 Å². The van der Waals surface area contributed by atoms with Crippen molar-refractivity contribution in [1.29, 1.82) is 0 Å². The molecule has 112 valence electrons. The maximum Gasteiger partial charge on any atom is 0.306 e. The largest absolute Gasteiger partial charge is 0.481 e. The number of carbonyl (C=O) groups is 1. The summed E-state index contributed by atoms with van der Waals surface area (Å²) in [4.78, 5) is 11.0.